The molecule has 0 aliphatic rings. The van der Waals surface area contributed by atoms with Crippen LogP contribution in [0.25, 0.3) is 11.3 Å². The number of benzene rings is 1. The Hall–Kier alpha value is -2.50. The molecule has 1 aromatic carbocycles. The Morgan fingerprint density at radius 2 is 1.86 bits per heavy atom. The van der Waals surface area contributed by atoms with Gasteiger partial charge in [0.05, 0.1) is 5.69 Å². The van der Waals surface area contributed by atoms with Crippen molar-refractivity contribution in [1.29, 1.82) is 0 Å². The first-order valence-electron chi connectivity index (χ1n) is 6.43. The van der Waals surface area contributed by atoms with E-state index >= 15 is 0 Å². The van der Waals surface area contributed by atoms with Gasteiger partial charge in [0.2, 0.25) is 0 Å². The summed E-state index contributed by atoms with van der Waals surface area (Å²) in [7, 11) is 0. The van der Waals surface area contributed by atoms with Gasteiger partial charge in [-0.2, -0.15) is 9.97 Å². The van der Waals surface area contributed by atoms with E-state index in [2.05, 4.69) is 9.97 Å². The van der Waals surface area contributed by atoms with E-state index in [9.17, 15) is 14.3 Å². The van der Waals surface area contributed by atoms with Crippen LogP contribution in [0.5, 0.6) is 11.8 Å². The number of ether oxygens (including phenoxy) is 1. The number of rotatable bonds is 3. The van der Waals surface area contributed by atoms with Gasteiger partial charge in [-0.25, -0.2) is 4.39 Å². The van der Waals surface area contributed by atoms with Gasteiger partial charge in [-0.15, -0.1) is 0 Å². The Bertz CT molecular complexity index is 669. The normalized spacial score (nSPS) is 10.7. The first kappa shape index (κ1) is 14.9. The summed E-state index contributed by atoms with van der Waals surface area (Å²) in [6.45, 7) is 4.97. The molecule has 0 saturated carbocycles. The maximum atomic E-state index is 13.0. The third-order valence-electron chi connectivity index (χ3n) is 2.79. The van der Waals surface area contributed by atoms with Crippen LogP contribution in [0.4, 0.5) is 4.39 Å². The minimum absolute atomic E-state index is 0.0903. The minimum Gasteiger partial charge on any atom is -0.479 e. The fourth-order valence-electron chi connectivity index (χ4n) is 1.89. The molecule has 0 radical (unpaired) electrons. The standard InChI is InChI=1S/C15H15FN2O3/c1-8(2)12-14(21-9(3)19)13(18-15(20)17-12)10-4-6-11(16)7-5-10/h4-8H,1-3H3,(H,17,18,20). The Morgan fingerprint density at radius 3 is 2.38 bits per heavy atom. The van der Waals surface area contributed by atoms with Crippen LogP contribution >= 0.6 is 0 Å². The van der Waals surface area contributed by atoms with E-state index in [-0.39, 0.29) is 17.4 Å². The van der Waals surface area contributed by atoms with E-state index < -0.39 is 17.8 Å². The first-order chi connectivity index (χ1) is 9.88. The third kappa shape index (κ3) is 3.34. The van der Waals surface area contributed by atoms with Crippen molar-refractivity contribution in [3.05, 3.63) is 35.8 Å². The van der Waals surface area contributed by atoms with E-state index in [1.807, 2.05) is 13.8 Å². The van der Waals surface area contributed by atoms with E-state index in [1.165, 1.54) is 31.2 Å². The second-order valence-corrected chi connectivity index (χ2v) is 4.84. The summed E-state index contributed by atoms with van der Waals surface area (Å²) < 4.78 is 18.2. The SMILES string of the molecule is CC(=O)Oc1c(-c2ccc(F)cc2)nc(O)nc1C(C)C. The largest absolute Gasteiger partial charge is 0.479 e. The van der Waals surface area contributed by atoms with Crippen LogP contribution in [0.2, 0.25) is 0 Å². The third-order valence-corrected chi connectivity index (χ3v) is 2.79. The fraction of sp³-hybridized carbons (Fsp3) is 0.267. The molecule has 5 nitrogen and oxygen atoms in total. The maximum Gasteiger partial charge on any atom is 0.314 e. The number of hydrogen-bond acceptors (Lipinski definition) is 5. The minimum atomic E-state index is -0.519. The molecule has 1 aromatic heterocycles. The molecule has 21 heavy (non-hydrogen) atoms. The molecule has 0 atom stereocenters. The molecule has 0 spiro atoms. The highest BCUT2D eigenvalue weighted by atomic mass is 19.1. The van der Waals surface area contributed by atoms with Crippen molar-refractivity contribution < 1.29 is 19.0 Å². The van der Waals surface area contributed by atoms with Gasteiger partial charge in [0.1, 0.15) is 11.5 Å². The number of hydrogen-bond donors (Lipinski definition) is 1. The van der Waals surface area contributed by atoms with Crippen molar-refractivity contribution in [2.24, 2.45) is 0 Å². The molecule has 0 amide bonds. The van der Waals surface area contributed by atoms with Gasteiger partial charge in [-0.1, -0.05) is 13.8 Å². The molecule has 110 valence electrons. The number of nitrogens with zero attached hydrogens (tertiary/aromatic N) is 2. The Labute approximate surface area is 121 Å². The number of aromatic nitrogens is 2. The van der Waals surface area contributed by atoms with E-state index in [1.54, 1.807) is 0 Å². The number of carbonyl (C=O) groups excluding carboxylic acids is 1. The average molecular weight is 290 g/mol. The fourth-order valence-corrected chi connectivity index (χ4v) is 1.89. The molecule has 0 aliphatic carbocycles. The summed E-state index contributed by atoms with van der Waals surface area (Å²) in [4.78, 5) is 19.1. The van der Waals surface area contributed by atoms with E-state index in [4.69, 9.17) is 4.74 Å². The van der Waals surface area contributed by atoms with Gasteiger partial charge >= 0.3 is 12.0 Å². The number of carbonyl (C=O) groups is 1. The number of halogens is 1. The van der Waals surface area contributed by atoms with Crippen LogP contribution in [0.15, 0.2) is 24.3 Å². The molecule has 6 heteroatoms. The van der Waals surface area contributed by atoms with Crippen LogP contribution in [0, 0.1) is 5.82 Å². The molecular weight excluding hydrogens is 275 g/mol. The van der Waals surface area contributed by atoms with Gasteiger partial charge in [-0.3, -0.25) is 4.79 Å². The summed E-state index contributed by atoms with van der Waals surface area (Å²) in [6.07, 6.45) is 0. The van der Waals surface area contributed by atoms with Gasteiger partial charge in [0, 0.05) is 12.5 Å². The monoisotopic (exact) mass is 290 g/mol. The second kappa shape index (κ2) is 5.87. The smallest absolute Gasteiger partial charge is 0.314 e. The van der Waals surface area contributed by atoms with Crippen molar-refractivity contribution >= 4 is 5.97 Å². The van der Waals surface area contributed by atoms with Crippen LogP contribution in [0.1, 0.15) is 32.4 Å². The predicted octanol–water partition coefficient (Wildman–Crippen LogP) is 3.04. The summed E-state index contributed by atoms with van der Waals surface area (Å²) in [5.74, 6) is -0.820. The summed E-state index contributed by atoms with van der Waals surface area (Å²) >= 11 is 0. The van der Waals surface area contributed by atoms with Gasteiger partial charge in [0.15, 0.2) is 5.75 Å². The van der Waals surface area contributed by atoms with Crippen LogP contribution < -0.4 is 4.74 Å². The Balaban J connectivity index is 2.67. The lowest BCUT2D eigenvalue weighted by molar-refractivity contribution is -0.131. The molecule has 1 N–H and O–H groups in total. The maximum absolute atomic E-state index is 13.0. The van der Waals surface area contributed by atoms with Gasteiger partial charge < -0.3 is 9.84 Å². The summed E-state index contributed by atoms with van der Waals surface area (Å²) in [6, 6.07) is 5.10. The predicted molar refractivity (Wildman–Crippen MR) is 74.5 cm³/mol. The zero-order valence-electron chi connectivity index (χ0n) is 11.9. The zero-order valence-corrected chi connectivity index (χ0v) is 11.9. The molecular formula is C15H15FN2O3. The zero-order chi connectivity index (χ0) is 15.6. The second-order valence-electron chi connectivity index (χ2n) is 4.84. The summed E-state index contributed by atoms with van der Waals surface area (Å²) in [5, 5.41) is 9.68. The lowest BCUT2D eigenvalue weighted by atomic mass is 10.0. The van der Waals surface area contributed by atoms with Gasteiger partial charge in [-0.05, 0) is 30.2 Å². The molecule has 0 aliphatic heterocycles. The van der Waals surface area contributed by atoms with Gasteiger partial charge in [0.25, 0.3) is 0 Å². The van der Waals surface area contributed by atoms with Crippen LogP contribution in [0.3, 0.4) is 0 Å². The van der Waals surface area contributed by atoms with Crippen LogP contribution in [-0.2, 0) is 4.79 Å². The van der Waals surface area contributed by atoms with E-state index in [0.29, 0.717) is 11.3 Å². The highest BCUT2D eigenvalue weighted by molar-refractivity contribution is 5.75. The van der Waals surface area contributed by atoms with Crippen LogP contribution in [-0.4, -0.2) is 21.0 Å². The number of aromatic hydroxyl groups is 1. The van der Waals surface area contributed by atoms with Crippen molar-refractivity contribution in [3.63, 3.8) is 0 Å². The van der Waals surface area contributed by atoms with Crippen molar-refractivity contribution in [3.8, 4) is 23.0 Å². The van der Waals surface area contributed by atoms with Crippen molar-refractivity contribution in [2.45, 2.75) is 26.7 Å². The average Bonchev–Trinajstić information content (AvgIpc) is 2.40. The Kier molecular flexibility index (Phi) is 4.16. The highest BCUT2D eigenvalue weighted by Crippen LogP contribution is 2.35. The van der Waals surface area contributed by atoms with Crippen molar-refractivity contribution in [1.82, 2.24) is 9.97 Å². The van der Waals surface area contributed by atoms with Crippen molar-refractivity contribution in [2.75, 3.05) is 0 Å². The highest BCUT2D eigenvalue weighted by Gasteiger charge is 2.21. The molecule has 0 fully saturated rings. The quantitative estimate of drug-likeness (QED) is 0.880. The molecule has 0 unspecified atom stereocenters. The topological polar surface area (TPSA) is 72.3 Å². The number of esters is 1. The molecule has 2 aromatic rings. The molecule has 1 heterocycles. The molecule has 2 rings (SSSR count). The lowest BCUT2D eigenvalue weighted by Crippen LogP contribution is -2.09. The molecule has 0 bridgehead atoms. The summed E-state index contributed by atoms with van der Waals surface area (Å²) in [5.41, 5.74) is 1.19. The van der Waals surface area contributed by atoms with E-state index in [0.717, 1.165) is 0 Å². The molecule has 0 saturated heterocycles. The Morgan fingerprint density at radius 1 is 1.24 bits per heavy atom. The lowest BCUT2D eigenvalue weighted by Gasteiger charge is -2.15. The first-order valence-corrected chi connectivity index (χ1v) is 6.43.